The molecule has 0 aliphatic heterocycles. The van der Waals surface area contributed by atoms with E-state index in [9.17, 15) is 14.9 Å². The number of carbonyl (C=O) groups is 1. The number of primary amides is 1. The summed E-state index contributed by atoms with van der Waals surface area (Å²) in [6.07, 6.45) is 1.95. The highest BCUT2D eigenvalue weighted by atomic mass is 32.2. The smallest absolute Gasteiger partial charge is 0.293 e. The largest absolute Gasteiger partial charge is 0.379 e. The first kappa shape index (κ1) is 13.3. The molecule has 0 aromatic heterocycles. The zero-order chi connectivity index (χ0) is 12.8. The fourth-order valence-electron chi connectivity index (χ4n) is 1.27. The summed E-state index contributed by atoms with van der Waals surface area (Å²) >= 11 is 1.64. The van der Waals surface area contributed by atoms with Crippen molar-refractivity contribution in [2.24, 2.45) is 5.73 Å². The normalized spacial score (nSPS) is 9.94. The van der Waals surface area contributed by atoms with Gasteiger partial charge in [0.05, 0.1) is 4.92 Å². The molecule has 0 fully saturated rings. The van der Waals surface area contributed by atoms with E-state index in [0.717, 1.165) is 5.75 Å². The van der Waals surface area contributed by atoms with E-state index in [1.807, 2.05) is 6.26 Å². The Labute approximate surface area is 103 Å². The number of thioether (sulfide) groups is 1. The van der Waals surface area contributed by atoms with E-state index in [-0.39, 0.29) is 11.3 Å². The van der Waals surface area contributed by atoms with Gasteiger partial charge in [0, 0.05) is 23.9 Å². The Morgan fingerprint density at radius 1 is 1.59 bits per heavy atom. The SMILES string of the molecule is CSCCNc1ccc(C(N)=O)cc1[N+](=O)[O-]. The summed E-state index contributed by atoms with van der Waals surface area (Å²) in [5.41, 5.74) is 5.46. The Bertz CT molecular complexity index is 437. The van der Waals surface area contributed by atoms with Gasteiger partial charge >= 0.3 is 0 Å². The Morgan fingerprint density at radius 3 is 2.82 bits per heavy atom. The molecule has 0 bridgehead atoms. The number of hydrogen-bond acceptors (Lipinski definition) is 5. The predicted molar refractivity (Wildman–Crippen MR) is 68.5 cm³/mol. The van der Waals surface area contributed by atoms with Gasteiger partial charge < -0.3 is 11.1 Å². The maximum Gasteiger partial charge on any atom is 0.293 e. The molecule has 6 nitrogen and oxygen atoms in total. The van der Waals surface area contributed by atoms with E-state index in [0.29, 0.717) is 12.2 Å². The molecule has 92 valence electrons. The maximum atomic E-state index is 10.9. The lowest BCUT2D eigenvalue weighted by Gasteiger charge is -2.06. The van der Waals surface area contributed by atoms with Crippen LogP contribution in [0.4, 0.5) is 11.4 Å². The number of anilines is 1. The average Bonchev–Trinajstić information content (AvgIpc) is 2.29. The van der Waals surface area contributed by atoms with Crippen LogP contribution in [0.15, 0.2) is 18.2 Å². The number of amides is 1. The van der Waals surface area contributed by atoms with Gasteiger partial charge in [-0.15, -0.1) is 0 Å². The molecule has 1 aromatic rings. The van der Waals surface area contributed by atoms with Crippen LogP contribution < -0.4 is 11.1 Å². The fraction of sp³-hybridized carbons (Fsp3) is 0.300. The number of nitrogens with zero attached hydrogens (tertiary/aromatic N) is 1. The first-order valence-electron chi connectivity index (χ1n) is 4.87. The van der Waals surface area contributed by atoms with Crippen LogP contribution in [-0.4, -0.2) is 29.4 Å². The van der Waals surface area contributed by atoms with Gasteiger partial charge in [0.1, 0.15) is 5.69 Å². The lowest BCUT2D eigenvalue weighted by Crippen LogP contribution is -2.12. The minimum Gasteiger partial charge on any atom is -0.379 e. The van der Waals surface area contributed by atoms with Crippen molar-refractivity contribution >= 4 is 29.0 Å². The van der Waals surface area contributed by atoms with Crippen LogP contribution in [-0.2, 0) is 0 Å². The van der Waals surface area contributed by atoms with Gasteiger partial charge in [-0.25, -0.2) is 0 Å². The number of rotatable bonds is 6. The Balaban J connectivity index is 2.96. The Hall–Kier alpha value is -1.76. The Kier molecular flexibility index (Phi) is 4.77. The van der Waals surface area contributed by atoms with Crippen molar-refractivity contribution in [3.05, 3.63) is 33.9 Å². The molecule has 0 atom stereocenters. The Morgan fingerprint density at radius 2 is 2.29 bits per heavy atom. The zero-order valence-electron chi connectivity index (χ0n) is 9.30. The second kappa shape index (κ2) is 6.09. The van der Waals surface area contributed by atoms with Crippen LogP contribution in [0.25, 0.3) is 0 Å². The summed E-state index contributed by atoms with van der Waals surface area (Å²) in [5, 5.41) is 13.8. The second-order valence-corrected chi connectivity index (χ2v) is 4.26. The highest BCUT2D eigenvalue weighted by molar-refractivity contribution is 7.98. The van der Waals surface area contributed by atoms with E-state index in [4.69, 9.17) is 5.73 Å². The van der Waals surface area contributed by atoms with Gasteiger partial charge in [0.25, 0.3) is 5.69 Å². The number of carbonyl (C=O) groups excluding carboxylic acids is 1. The molecule has 0 saturated heterocycles. The summed E-state index contributed by atoms with van der Waals surface area (Å²) in [6, 6.07) is 4.15. The molecule has 1 amide bonds. The van der Waals surface area contributed by atoms with E-state index in [2.05, 4.69) is 5.32 Å². The first-order valence-corrected chi connectivity index (χ1v) is 6.26. The van der Waals surface area contributed by atoms with Crippen LogP contribution in [0.2, 0.25) is 0 Å². The lowest BCUT2D eigenvalue weighted by molar-refractivity contribution is -0.384. The number of hydrogen-bond donors (Lipinski definition) is 2. The summed E-state index contributed by atoms with van der Waals surface area (Å²) in [4.78, 5) is 21.2. The maximum absolute atomic E-state index is 10.9. The highest BCUT2D eigenvalue weighted by Crippen LogP contribution is 2.25. The van der Waals surface area contributed by atoms with Crippen molar-refractivity contribution in [2.45, 2.75) is 0 Å². The molecule has 0 aliphatic carbocycles. The van der Waals surface area contributed by atoms with Crippen LogP contribution in [0.1, 0.15) is 10.4 Å². The molecular weight excluding hydrogens is 242 g/mol. The van der Waals surface area contributed by atoms with E-state index in [1.54, 1.807) is 11.8 Å². The zero-order valence-corrected chi connectivity index (χ0v) is 10.1. The summed E-state index contributed by atoms with van der Waals surface area (Å²) in [7, 11) is 0. The molecule has 1 aromatic carbocycles. The van der Waals surface area contributed by atoms with Gasteiger partial charge in [0.15, 0.2) is 0 Å². The third-order valence-electron chi connectivity index (χ3n) is 2.10. The topological polar surface area (TPSA) is 98.3 Å². The molecule has 0 radical (unpaired) electrons. The molecule has 0 spiro atoms. The van der Waals surface area contributed by atoms with E-state index in [1.165, 1.54) is 18.2 Å². The van der Waals surface area contributed by atoms with Gasteiger partial charge in [-0.3, -0.25) is 14.9 Å². The van der Waals surface area contributed by atoms with E-state index < -0.39 is 10.8 Å². The van der Waals surface area contributed by atoms with Crippen LogP contribution in [0.5, 0.6) is 0 Å². The molecule has 0 aliphatic rings. The van der Waals surface area contributed by atoms with Crippen molar-refractivity contribution < 1.29 is 9.72 Å². The first-order chi connectivity index (χ1) is 8.06. The molecular formula is C10H13N3O3S. The minimum absolute atomic E-state index is 0.132. The summed E-state index contributed by atoms with van der Waals surface area (Å²) in [6.45, 7) is 0.623. The van der Waals surface area contributed by atoms with Crippen LogP contribution in [0, 0.1) is 10.1 Å². The number of nitro groups is 1. The number of benzene rings is 1. The number of nitrogens with one attached hydrogen (secondary N) is 1. The minimum atomic E-state index is -0.677. The second-order valence-electron chi connectivity index (χ2n) is 3.27. The average molecular weight is 255 g/mol. The lowest BCUT2D eigenvalue weighted by atomic mass is 10.1. The fourth-order valence-corrected chi connectivity index (χ4v) is 1.58. The summed E-state index contributed by atoms with van der Waals surface area (Å²) in [5.74, 6) is 0.165. The van der Waals surface area contributed by atoms with Crippen LogP contribution in [0.3, 0.4) is 0 Å². The standard InChI is InChI=1S/C10H13N3O3S/c1-17-5-4-12-8-3-2-7(10(11)14)6-9(8)13(15)16/h2-3,6,12H,4-5H2,1H3,(H2,11,14). The van der Waals surface area contributed by atoms with Crippen molar-refractivity contribution in [1.82, 2.24) is 0 Å². The van der Waals surface area contributed by atoms with Crippen molar-refractivity contribution in [1.29, 1.82) is 0 Å². The van der Waals surface area contributed by atoms with Gasteiger partial charge in [-0.2, -0.15) is 11.8 Å². The highest BCUT2D eigenvalue weighted by Gasteiger charge is 2.15. The molecule has 7 heteroatoms. The molecule has 17 heavy (non-hydrogen) atoms. The number of nitro benzene ring substituents is 1. The van der Waals surface area contributed by atoms with Gasteiger partial charge in [0.2, 0.25) is 5.91 Å². The number of nitrogens with two attached hydrogens (primary N) is 1. The summed E-state index contributed by atoms with van der Waals surface area (Å²) < 4.78 is 0. The van der Waals surface area contributed by atoms with Crippen LogP contribution >= 0.6 is 11.8 Å². The quantitative estimate of drug-likeness (QED) is 0.455. The van der Waals surface area contributed by atoms with Crippen molar-refractivity contribution in [3.8, 4) is 0 Å². The molecule has 0 heterocycles. The third-order valence-corrected chi connectivity index (χ3v) is 2.71. The van der Waals surface area contributed by atoms with Gasteiger partial charge in [-0.1, -0.05) is 0 Å². The molecule has 1 rings (SSSR count). The monoisotopic (exact) mass is 255 g/mol. The molecule has 0 unspecified atom stereocenters. The predicted octanol–water partition coefficient (Wildman–Crippen LogP) is 1.47. The van der Waals surface area contributed by atoms with Gasteiger partial charge in [-0.05, 0) is 18.4 Å². The third kappa shape index (κ3) is 3.63. The van der Waals surface area contributed by atoms with Crippen molar-refractivity contribution in [3.63, 3.8) is 0 Å². The molecule has 0 saturated carbocycles. The van der Waals surface area contributed by atoms with Crippen molar-refractivity contribution in [2.75, 3.05) is 23.9 Å². The molecule has 3 N–H and O–H groups in total. The van der Waals surface area contributed by atoms with E-state index >= 15 is 0 Å².